The Morgan fingerprint density at radius 3 is 2.56 bits per heavy atom. The third-order valence-electron chi connectivity index (χ3n) is 2.42. The number of thiophene rings is 1. The Balaban J connectivity index is 2.07. The minimum absolute atomic E-state index is 0.0533. The van der Waals surface area contributed by atoms with E-state index in [1.807, 2.05) is 19.1 Å². The van der Waals surface area contributed by atoms with Gasteiger partial charge in [0.1, 0.15) is 5.76 Å². The highest BCUT2D eigenvalue weighted by Gasteiger charge is 2.12. The molecule has 0 aliphatic heterocycles. The van der Waals surface area contributed by atoms with Crippen molar-refractivity contribution in [2.75, 3.05) is 0 Å². The van der Waals surface area contributed by atoms with Crippen LogP contribution in [0.15, 0.2) is 28.7 Å². The molecule has 0 N–H and O–H groups in total. The van der Waals surface area contributed by atoms with Gasteiger partial charge >= 0.3 is 0 Å². The highest BCUT2D eigenvalue weighted by atomic mass is 32.1. The third-order valence-corrected chi connectivity index (χ3v) is 3.65. The first-order valence-electron chi connectivity index (χ1n) is 5.36. The Morgan fingerprint density at radius 1 is 1.25 bits per heavy atom. The van der Waals surface area contributed by atoms with Crippen LogP contribution >= 0.6 is 11.3 Å². The molecule has 2 heterocycles. The average Bonchev–Trinajstić information content (AvgIpc) is 2.87. The number of hydrogen-bond donors (Lipinski definition) is 0. The summed E-state index contributed by atoms with van der Waals surface area (Å²) in [6.45, 7) is 3.96. The summed E-state index contributed by atoms with van der Waals surface area (Å²) in [7, 11) is 0. The molecule has 0 aromatic carbocycles. The van der Waals surface area contributed by atoms with Crippen molar-refractivity contribution in [3.05, 3.63) is 45.5 Å². The Bertz CT molecular complexity index is 494. The zero-order valence-electron chi connectivity index (χ0n) is 9.45. The molecule has 0 fully saturated rings. The smallest absolute Gasteiger partial charge is 0.203 e. The van der Waals surface area contributed by atoms with Gasteiger partial charge in [-0.15, -0.1) is 11.3 Å². The topological polar surface area (TPSA) is 30.2 Å². The molecule has 2 nitrogen and oxygen atoms in total. The van der Waals surface area contributed by atoms with E-state index in [0.29, 0.717) is 12.2 Å². The van der Waals surface area contributed by atoms with Crippen molar-refractivity contribution in [2.45, 2.75) is 26.7 Å². The molecule has 0 amide bonds. The van der Waals surface area contributed by atoms with Crippen LogP contribution < -0.4 is 0 Å². The summed E-state index contributed by atoms with van der Waals surface area (Å²) in [6, 6.07) is 7.67. The summed E-state index contributed by atoms with van der Waals surface area (Å²) in [4.78, 5) is 14.3. The summed E-state index contributed by atoms with van der Waals surface area (Å²) in [6.07, 6.45) is 1.47. The molecular weight excluding hydrogens is 220 g/mol. The van der Waals surface area contributed by atoms with Crippen molar-refractivity contribution in [3.63, 3.8) is 0 Å². The Kier molecular flexibility index (Phi) is 3.25. The van der Waals surface area contributed by atoms with Gasteiger partial charge in [0.25, 0.3) is 0 Å². The number of carbonyl (C=O) groups excluding carboxylic acids is 1. The summed E-state index contributed by atoms with van der Waals surface area (Å²) in [5, 5.41) is 0. The van der Waals surface area contributed by atoms with Crippen LogP contribution in [0.25, 0.3) is 0 Å². The predicted octanol–water partition coefficient (Wildman–Crippen LogP) is 3.64. The molecule has 0 radical (unpaired) electrons. The fourth-order valence-electron chi connectivity index (χ4n) is 1.54. The largest absolute Gasteiger partial charge is 0.458 e. The van der Waals surface area contributed by atoms with Gasteiger partial charge in [0.2, 0.25) is 5.78 Å². The number of ketones is 1. The fourth-order valence-corrected chi connectivity index (χ4v) is 2.49. The molecule has 0 atom stereocenters. The second-order valence-electron chi connectivity index (χ2n) is 3.73. The van der Waals surface area contributed by atoms with Gasteiger partial charge in [-0.2, -0.15) is 0 Å². The van der Waals surface area contributed by atoms with E-state index in [0.717, 1.165) is 17.1 Å². The van der Waals surface area contributed by atoms with Crippen LogP contribution in [-0.4, -0.2) is 5.78 Å². The minimum Gasteiger partial charge on any atom is -0.458 e. The molecular formula is C13H14O2S. The third kappa shape index (κ3) is 2.42. The fraction of sp³-hybridized carbons (Fsp3) is 0.308. The normalized spacial score (nSPS) is 10.6. The number of aryl methyl sites for hydroxylation is 2. The van der Waals surface area contributed by atoms with E-state index in [1.165, 1.54) is 4.88 Å². The van der Waals surface area contributed by atoms with Crippen LogP contribution in [0.3, 0.4) is 0 Å². The molecule has 3 heteroatoms. The second kappa shape index (κ2) is 4.66. The van der Waals surface area contributed by atoms with E-state index < -0.39 is 0 Å². The van der Waals surface area contributed by atoms with E-state index >= 15 is 0 Å². The van der Waals surface area contributed by atoms with E-state index in [4.69, 9.17) is 4.42 Å². The minimum atomic E-state index is 0.0533. The van der Waals surface area contributed by atoms with Crippen molar-refractivity contribution in [1.82, 2.24) is 0 Å². The molecule has 0 saturated carbocycles. The van der Waals surface area contributed by atoms with Crippen molar-refractivity contribution < 1.29 is 9.21 Å². The first-order valence-corrected chi connectivity index (χ1v) is 6.18. The molecule has 0 bridgehead atoms. The first kappa shape index (κ1) is 11.1. The van der Waals surface area contributed by atoms with Crippen LogP contribution in [0.1, 0.15) is 33.0 Å². The molecule has 0 aliphatic rings. The average molecular weight is 234 g/mol. The maximum absolute atomic E-state index is 11.8. The lowest BCUT2D eigenvalue weighted by Gasteiger charge is -1.94. The van der Waals surface area contributed by atoms with Gasteiger partial charge in [-0.3, -0.25) is 4.79 Å². The van der Waals surface area contributed by atoms with E-state index in [-0.39, 0.29) is 5.78 Å². The zero-order valence-corrected chi connectivity index (χ0v) is 10.3. The maximum atomic E-state index is 11.8. The molecule has 2 rings (SSSR count). The molecule has 2 aromatic rings. The lowest BCUT2D eigenvalue weighted by atomic mass is 10.2. The van der Waals surface area contributed by atoms with Gasteiger partial charge in [0.15, 0.2) is 5.76 Å². The number of Topliss-reactive ketones (excluding diaryl/α,β-unsaturated/α-hetero) is 1. The van der Waals surface area contributed by atoms with Crippen LogP contribution in [0.5, 0.6) is 0 Å². The standard InChI is InChI=1S/C13H14O2S/c1-3-10-5-6-11(16-10)8-12(14)13-7-4-9(2)15-13/h4-7H,3,8H2,1-2H3. The molecule has 0 saturated heterocycles. The van der Waals surface area contributed by atoms with E-state index in [9.17, 15) is 4.79 Å². The summed E-state index contributed by atoms with van der Waals surface area (Å²) in [5.74, 6) is 1.30. The lowest BCUT2D eigenvalue weighted by Crippen LogP contribution is -2.00. The molecule has 0 aliphatic carbocycles. The van der Waals surface area contributed by atoms with Gasteiger partial charge < -0.3 is 4.42 Å². The first-order chi connectivity index (χ1) is 7.69. The van der Waals surface area contributed by atoms with Crippen LogP contribution in [0.2, 0.25) is 0 Å². The second-order valence-corrected chi connectivity index (χ2v) is 4.98. The SMILES string of the molecule is CCc1ccc(CC(=O)c2ccc(C)o2)s1. The van der Waals surface area contributed by atoms with Crippen LogP contribution in [-0.2, 0) is 12.8 Å². The van der Waals surface area contributed by atoms with Crippen LogP contribution in [0.4, 0.5) is 0 Å². The van der Waals surface area contributed by atoms with Crippen molar-refractivity contribution in [2.24, 2.45) is 0 Å². The maximum Gasteiger partial charge on any atom is 0.203 e. The van der Waals surface area contributed by atoms with Gasteiger partial charge in [0, 0.05) is 16.2 Å². The van der Waals surface area contributed by atoms with Crippen molar-refractivity contribution in [3.8, 4) is 0 Å². The molecule has 2 aromatic heterocycles. The number of carbonyl (C=O) groups is 1. The quantitative estimate of drug-likeness (QED) is 0.756. The van der Waals surface area contributed by atoms with E-state index in [1.54, 1.807) is 17.4 Å². The molecule has 84 valence electrons. The summed E-state index contributed by atoms with van der Waals surface area (Å²) >= 11 is 1.70. The van der Waals surface area contributed by atoms with Gasteiger partial charge in [0.05, 0.1) is 0 Å². The van der Waals surface area contributed by atoms with Gasteiger partial charge in [-0.25, -0.2) is 0 Å². The number of rotatable bonds is 4. The molecule has 0 spiro atoms. The highest BCUT2D eigenvalue weighted by Crippen LogP contribution is 2.19. The predicted molar refractivity (Wildman–Crippen MR) is 65.2 cm³/mol. The zero-order chi connectivity index (χ0) is 11.5. The summed E-state index contributed by atoms with van der Waals surface area (Å²) in [5.41, 5.74) is 0. The summed E-state index contributed by atoms with van der Waals surface area (Å²) < 4.78 is 5.31. The van der Waals surface area contributed by atoms with Gasteiger partial charge in [-0.05, 0) is 37.6 Å². The number of furan rings is 1. The monoisotopic (exact) mass is 234 g/mol. The van der Waals surface area contributed by atoms with Crippen molar-refractivity contribution in [1.29, 1.82) is 0 Å². The Hall–Kier alpha value is -1.35. The number of hydrogen-bond acceptors (Lipinski definition) is 3. The molecule has 16 heavy (non-hydrogen) atoms. The lowest BCUT2D eigenvalue weighted by molar-refractivity contribution is 0.0966. The molecule has 0 unspecified atom stereocenters. The Morgan fingerprint density at radius 2 is 2.00 bits per heavy atom. The Labute approximate surface area is 98.9 Å². The highest BCUT2D eigenvalue weighted by molar-refractivity contribution is 7.12. The van der Waals surface area contributed by atoms with Gasteiger partial charge in [-0.1, -0.05) is 6.92 Å². The van der Waals surface area contributed by atoms with Crippen molar-refractivity contribution >= 4 is 17.1 Å². The van der Waals surface area contributed by atoms with E-state index in [2.05, 4.69) is 13.0 Å². The van der Waals surface area contributed by atoms with Crippen LogP contribution in [0, 0.1) is 6.92 Å².